The number of nitrogen functional groups attached to an aromatic ring is 1. The van der Waals surface area contributed by atoms with Crippen molar-refractivity contribution < 1.29 is 30.7 Å². The van der Waals surface area contributed by atoms with Crippen LogP contribution in [0.25, 0.3) is 0 Å². The molecule has 0 bridgehead atoms. The van der Waals surface area contributed by atoms with Crippen LogP contribution in [0.4, 0.5) is 36.4 Å². The highest BCUT2D eigenvalue weighted by atomic mass is 19.4. The molecular formula is C10H2F7N3. The van der Waals surface area contributed by atoms with Crippen LogP contribution in [0.15, 0.2) is 0 Å². The van der Waals surface area contributed by atoms with Crippen LogP contribution in [-0.4, -0.2) is 0 Å². The molecule has 0 aromatic heterocycles. The van der Waals surface area contributed by atoms with Gasteiger partial charge in [-0.15, -0.1) is 0 Å². The number of benzene rings is 1. The molecule has 10 heteroatoms. The number of hydrogen-bond donors (Lipinski definition) is 1. The summed E-state index contributed by atoms with van der Waals surface area (Å²) in [6, 6.07) is 1.73. The summed E-state index contributed by atoms with van der Waals surface area (Å²) in [5, 5.41) is 17.0. The van der Waals surface area contributed by atoms with Crippen LogP contribution >= 0.6 is 0 Å². The van der Waals surface area contributed by atoms with Crippen molar-refractivity contribution in [1.82, 2.24) is 0 Å². The Hall–Kier alpha value is -2.49. The second-order valence-electron chi connectivity index (χ2n) is 3.45. The first kappa shape index (κ1) is 15.6. The van der Waals surface area contributed by atoms with E-state index in [1.807, 2.05) is 0 Å². The van der Waals surface area contributed by atoms with Crippen molar-refractivity contribution in [3.05, 3.63) is 28.1 Å². The highest BCUT2D eigenvalue weighted by Crippen LogP contribution is 2.46. The van der Waals surface area contributed by atoms with Gasteiger partial charge in [0, 0.05) is 0 Å². The summed E-state index contributed by atoms with van der Waals surface area (Å²) in [6.07, 6.45) is -11.4. The molecule has 0 saturated carbocycles. The lowest BCUT2D eigenvalue weighted by Gasteiger charge is -2.19. The average Bonchev–Trinajstić information content (AvgIpc) is 2.25. The van der Waals surface area contributed by atoms with Gasteiger partial charge in [-0.2, -0.15) is 36.9 Å². The summed E-state index contributed by atoms with van der Waals surface area (Å²) < 4.78 is 89.3. The fraction of sp³-hybridized carbons (Fsp3) is 0.200. The quantitative estimate of drug-likeness (QED) is 0.590. The largest absolute Gasteiger partial charge is 0.419 e. The molecule has 0 spiro atoms. The van der Waals surface area contributed by atoms with Gasteiger partial charge < -0.3 is 5.73 Å². The maximum Gasteiger partial charge on any atom is 0.419 e. The molecule has 2 N–H and O–H groups in total. The Labute approximate surface area is 106 Å². The summed E-state index contributed by atoms with van der Waals surface area (Å²) in [5.74, 6) is -2.45. The molecule has 1 aromatic rings. The van der Waals surface area contributed by atoms with E-state index in [-0.39, 0.29) is 0 Å². The molecule has 0 unspecified atom stereocenters. The van der Waals surface area contributed by atoms with Gasteiger partial charge >= 0.3 is 12.4 Å². The molecule has 1 aromatic carbocycles. The zero-order chi connectivity index (χ0) is 15.9. The number of nitriles is 2. The van der Waals surface area contributed by atoms with Crippen LogP contribution in [0.5, 0.6) is 0 Å². The minimum Gasteiger partial charge on any atom is -0.396 e. The van der Waals surface area contributed by atoms with E-state index in [9.17, 15) is 30.7 Å². The number of halogens is 7. The molecule has 0 fully saturated rings. The summed E-state index contributed by atoms with van der Waals surface area (Å²) >= 11 is 0. The molecule has 1 rings (SSSR count). The number of nitrogens with two attached hydrogens (primary N) is 1. The van der Waals surface area contributed by atoms with Gasteiger partial charge in [-0.1, -0.05) is 0 Å². The van der Waals surface area contributed by atoms with E-state index in [4.69, 9.17) is 16.3 Å². The number of alkyl halides is 6. The SMILES string of the molecule is N#Cc1c(N)c(C#N)c(C(F)(F)F)c(C(F)(F)F)c1F. The van der Waals surface area contributed by atoms with Gasteiger partial charge in [-0.3, -0.25) is 0 Å². The van der Waals surface area contributed by atoms with Gasteiger partial charge in [0.15, 0.2) is 5.82 Å². The normalized spacial score (nSPS) is 11.8. The second kappa shape index (κ2) is 4.56. The molecule has 0 saturated heterocycles. The Morgan fingerprint density at radius 3 is 1.50 bits per heavy atom. The zero-order valence-corrected chi connectivity index (χ0v) is 9.12. The van der Waals surface area contributed by atoms with Crippen LogP contribution in [0, 0.1) is 28.5 Å². The van der Waals surface area contributed by atoms with E-state index < -0.39 is 46.1 Å². The zero-order valence-electron chi connectivity index (χ0n) is 9.12. The van der Waals surface area contributed by atoms with Gasteiger partial charge in [-0.05, 0) is 0 Å². The summed E-state index contributed by atoms with van der Waals surface area (Å²) in [7, 11) is 0. The molecule has 0 heterocycles. The summed E-state index contributed by atoms with van der Waals surface area (Å²) in [4.78, 5) is 0. The standard InChI is InChI=1S/C10H2F7N3/c11-7-4(2-19)8(20)3(1-18)5(9(12,13)14)6(7)10(15,16)17/h20H2. The monoisotopic (exact) mass is 297 g/mol. The van der Waals surface area contributed by atoms with Crippen LogP contribution in [0.1, 0.15) is 22.3 Å². The highest BCUT2D eigenvalue weighted by Gasteiger charge is 2.49. The van der Waals surface area contributed by atoms with Crippen molar-refractivity contribution in [1.29, 1.82) is 10.5 Å². The minimum absolute atomic E-state index is 0.822. The third kappa shape index (κ3) is 2.32. The van der Waals surface area contributed by atoms with E-state index in [0.29, 0.717) is 0 Å². The Balaban J connectivity index is 4.12. The molecule has 0 aliphatic rings. The van der Waals surface area contributed by atoms with Gasteiger partial charge in [0.1, 0.15) is 23.3 Å². The molecule has 0 aliphatic carbocycles. The average molecular weight is 297 g/mol. The van der Waals surface area contributed by atoms with E-state index in [0.717, 1.165) is 12.1 Å². The highest BCUT2D eigenvalue weighted by molar-refractivity contribution is 5.70. The summed E-state index contributed by atoms with van der Waals surface area (Å²) in [6.45, 7) is 0. The smallest absolute Gasteiger partial charge is 0.396 e. The molecule has 0 amide bonds. The lowest BCUT2D eigenvalue weighted by molar-refractivity contribution is -0.164. The fourth-order valence-electron chi connectivity index (χ4n) is 1.51. The number of rotatable bonds is 0. The van der Waals surface area contributed by atoms with Gasteiger partial charge in [-0.25, -0.2) is 4.39 Å². The van der Waals surface area contributed by atoms with Crippen molar-refractivity contribution in [3.63, 3.8) is 0 Å². The first-order valence-electron chi connectivity index (χ1n) is 4.56. The first-order chi connectivity index (χ1) is 8.96. The van der Waals surface area contributed by atoms with Gasteiger partial charge in [0.25, 0.3) is 0 Å². The van der Waals surface area contributed by atoms with Crippen molar-refractivity contribution >= 4 is 5.69 Å². The van der Waals surface area contributed by atoms with Crippen molar-refractivity contribution in [2.45, 2.75) is 12.4 Å². The Bertz CT molecular complexity index is 644. The number of anilines is 1. The lowest BCUT2D eigenvalue weighted by Crippen LogP contribution is -2.22. The van der Waals surface area contributed by atoms with Gasteiger partial charge in [0.2, 0.25) is 0 Å². The van der Waals surface area contributed by atoms with E-state index >= 15 is 0 Å². The Morgan fingerprint density at radius 2 is 1.20 bits per heavy atom. The molecule has 0 aliphatic heterocycles. The summed E-state index contributed by atoms with van der Waals surface area (Å²) in [5.41, 5.74) is -4.68. The van der Waals surface area contributed by atoms with Crippen molar-refractivity contribution in [2.75, 3.05) is 5.73 Å². The molecule has 0 radical (unpaired) electrons. The van der Waals surface area contributed by atoms with Crippen LogP contribution in [0.3, 0.4) is 0 Å². The minimum atomic E-state index is -5.75. The third-order valence-corrected chi connectivity index (χ3v) is 2.27. The van der Waals surface area contributed by atoms with E-state index in [1.165, 1.54) is 0 Å². The topological polar surface area (TPSA) is 73.6 Å². The predicted molar refractivity (Wildman–Crippen MR) is 50.2 cm³/mol. The van der Waals surface area contributed by atoms with Crippen LogP contribution in [0.2, 0.25) is 0 Å². The van der Waals surface area contributed by atoms with Gasteiger partial charge in [0.05, 0.1) is 16.8 Å². The van der Waals surface area contributed by atoms with E-state index in [2.05, 4.69) is 0 Å². The van der Waals surface area contributed by atoms with Crippen molar-refractivity contribution in [2.24, 2.45) is 0 Å². The maximum absolute atomic E-state index is 13.5. The van der Waals surface area contributed by atoms with Crippen LogP contribution in [-0.2, 0) is 12.4 Å². The fourth-order valence-corrected chi connectivity index (χ4v) is 1.51. The predicted octanol–water partition coefficient (Wildman–Crippen LogP) is 3.19. The molecule has 20 heavy (non-hydrogen) atoms. The van der Waals surface area contributed by atoms with Crippen molar-refractivity contribution in [3.8, 4) is 12.1 Å². The number of nitrogens with zero attached hydrogens (tertiary/aromatic N) is 2. The lowest BCUT2D eigenvalue weighted by atomic mass is 9.94. The van der Waals surface area contributed by atoms with Crippen LogP contribution < -0.4 is 5.73 Å². The molecule has 106 valence electrons. The Kier molecular flexibility index (Phi) is 3.55. The number of hydrogen-bond acceptors (Lipinski definition) is 3. The molecule has 3 nitrogen and oxygen atoms in total. The molecule has 0 atom stereocenters. The maximum atomic E-state index is 13.5. The Morgan fingerprint density at radius 1 is 0.800 bits per heavy atom. The molecular weight excluding hydrogens is 295 g/mol. The first-order valence-corrected chi connectivity index (χ1v) is 4.56. The third-order valence-electron chi connectivity index (χ3n) is 2.27. The second-order valence-corrected chi connectivity index (χ2v) is 3.45. The van der Waals surface area contributed by atoms with E-state index in [1.54, 1.807) is 0 Å².